The molecule has 3 heterocycles. The van der Waals surface area contributed by atoms with E-state index in [2.05, 4.69) is 28.1 Å². The molecule has 2 unspecified atom stereocenters. The maximum atomic E-state index is 6.61. The number of halogens is 3. The minimum atomic E-state index is -1.11. The quantitative estimate of drug-likeness (QED) is 0.205. The summed E-state index contributed by atoms with van der Waals surface area (Å²) in [5.74, 6) is -0.450. The van der Waals surface area contributed by atoms with Gasteiger partial charge in [0.05, 0.1) is 30.2 Å². The highest BCUT2D eigenvalue weighted by atomic mass is 35.5. The molecule has 3 aromatic carbocycles. The summed E-state index contributed by atoms with van der Waals surface area (Å²) in [6, 6.07) is 17.2. The number of nitrogens with zero attached hydrogens (tertiary/aromatic N) is 3. The van der Waals surface area contributed by atoms with Crippen molar-refractivity contribution in [2.24, 2.45) is 0 Å². The fraction of sp³-hybridized carbons (Fsp3) is 0.281. The molecule has 0 amide bonds. The second-order valence-electron chi connectivity index (χ2n) is 10.5. The average Bonchev–Trinajstić information content (AvgIpc) is 3.64. The zero-order valence-electron chi connectivity index (χ0n) is 22.9. The van der Waals surface area contributed by atoms with Crippen LogP contribution in [0.2, 0.25) is 15.1 Å². The van der Waals surface area contributed by atoms with E-state index in [4.69, 9.17) is 54.7 Å². The van der Waals surface area contributed by atoms with Crippen LogP contribution in [0.15, 0.2) is 79.4 Å². The molecular weight excluding hydrogens is 595 g/mol. The van der Waals surface area contributed by atoms with Gasteiger partial charge in [0.1, 0.15) is 18.5 Å². The first-order valence-electron chi connectivity index (χ1n) is 13.8. The number of fused-ring (bicyclic) bond motifs is 1. The molecule has 2 atom stereocenters. The molecule has 4 aromatic rings. The monoisotopic (exact) mass is 624 g/mol. The molecule has 1 saturated heterocycles. The van der Waals surface area contributed by atoms with Crippen molar-refractivity contribution >= 4 is 46.6 Å². The number of aromatic nitrogens is 2. The van der Waals surface area contributed by atoms with E-state index in [-0.39, 0.29) is 12.7 Å². The number of hydrogen-bond acceptors (Lipinski definition) is 6. The molecule has 0 aliphatic carbocycles. The van der Waals surface area contributed by atoms with E-state index in [9.17, 15) is 0 Å². The molecule has 0 spiro atoms. The number of hydrogen-bond donors (Lipinski definition) is 1. The Balaban J connectivity index is 1.09. The molecule has 6 rings (SSSR count). The number of benzene rings is 3. The highest BCUT2D eigenvalue weighted by Crippen LogP contribution is 2.41. The summed E-state index contributed by atoms with van der Waals surface area (Å²) in [6.45, 7) is 3.60. The fourth-order valence-electron chi connectivity index (χ4n) is 5.47. The summed E-state index contributed by atoms with van der Waals surface area (Å²) in [5.41, 5.74) is 11.5. The SMILES string of the molecule is Nc1c(OCC2COC(Cn3ccnc3)(c3ccc(Cl)cc3Cl)O2)ccc2c1CCN(C/C=C/c1ccc(Cl)cc1)C2. The summed E-state index contributed by atoms with van der Waals surface area (Å²) in [6.07, 6.45) is 10.1. The zero-order chi connectivity index (χ0) is 29.1. The van der Waals surface area contributed by atoms with Gasteiger partial charge in [0, 0.05) is 47.6 Å². The summed E-state index contributed by atoms with van der Waals surface area (Å²) in [5, 5.41) is 1.75. The highest BCUT2D eigenvalue weighted by molar-refractivity contribution is 6.35. The zero-order valence-corrected chi connectivity index (χ0v) is 25.2. The van der Waals surface area contributed by atoms with E-state index in [1.165, 1.54) is 5.56 Å². The summed E-state index contributed by atoms with van der Waals surface area (Å²) >= 11 is 18.7. The Morgan fingerprint density at radius 3 is 2.69 bits per heavy atom. The van der Waals surface area contributed by atoms with Crippen molar-refractivity contribution in [3.8, 4) is 5.75 Å². The van der Waals surface area contributed by atoms with Crippen LogP contribution in [0, 0.1) is 0 Å². The predicted molar refractivity (Wildman–Crippen MR) is 167 cm³/mol. The highest BCUT2D eigenvalue weighted by Gasteiger charge is 2.45. The Morgan fingerprint density at radius 2 is 1.90 bits per heavy atom. The minimum absolute atomic E-state index is 0.279. The van der Waals surface area contributed by atoms with Crippen LogP contribution in [0.3, 0.4) is 0 Å². The number of rotatable bonds is 9. The molecule has 7 nitrogen and oxygen atoms in total. The summed E-state index contributed by atoms with van der Waals surface area (Å²) in [7, 11) is 0. The van der Waals surface area contributed by atoms with Gasteiger partial charge < -0.3 is 24.5 Å². The molecule has 1 fully saturated rings. The van der Waals surface area contributed by atoms with Crippen molar-refractivity contribution in [2.75, 3.05) is 32.0 Å². The van der Waals surface area contributed by atoms with Crippen molar-refractivity contribution in [3.63, 3.8) is 0 Å². The van der Waals surface area contributed by atoms with Crippen LogP contribution in [-0.4, -0.2) is 46.9 Å². The van der Waals surface area contributed by atoms with Crippen LogP contribution >= 0.6 is 34.8 Å². The van der Waals surface area contributed by atoms with Gasteiger partial charge in [-0.25, -0.2) is 4.98 Å². The lowest BCUT2D eigenvalue weighted by Gasteiger charge is -2.30. The molecule has 1 aromatic heterocycles. The van der Waals surface area contributed by atoms with Crippen LogP contribution in [-0.2, 0) is 34.8 Å². The van der Waals surface area contributed by atoms with Crippen LogP contribution in [0.1, 0.15) is 22.3 Å². The largest absolute Gasteiger partial charge is 0.489 e. The van der Waals surface area contributed by atoms with E-state index >= 15 is 0 Å². The van der Waals surface area contributed by atoms with Crippen LogP contribution in [0.25, 0.3) is 6.08 Å². The lowest BCUT2D eigenvalue weighted by molar-refractivity contribution is -0.189. The van der Waals surface area contributed by atoms with Gasteiger partial charge in [-0.3, -0.25) is 4.90 Å². The number of anilines is 1. The maximum Gasteiger partial charge on any atom is 0.215 e. The van der Waals surface area contributed by atoms with Gasteiger partial charge >= 0.3 is 0 Å². The molecule has 0 bridgehead atoms. The van der Waals surface area contributed by atoms with Gasteiger partial charge in [-0.15, -0.1) is 0 Å². The first-order chi connectivity index (χ1) is 20.4. The summed E-state index contributed by atoms with van der Waals surface area (Å²) < 4.78 is 20.9. The summed E-state index contributed by atoms with van der Waals surface area (Å²) in [4.78, 5) is 6.55. The maximum absolute atomic E-state index is 6.61. The Morgan fingerprint density at radius 1 is 1.07 bits per heavy atom. The van der Waals surface area contributed by atoms with Crippen molar-refractivity contribution in [3.05, 3.63) is 117 Å². The van der Waals surface area contributed by atoms with Gasteiger partial charge in [0.15, 0.2) is 0 Å². The average molecular weight is 626 g/mol. The minimum Gasteiger partial charge on any atom is -0.489 e. The Kier molecular flexibility index (Phi) is 8.77. The van der Waals surface area contributed by atoms with Gasteiger partial charge in [-0.2, -0.15) is 0 Å². The van der Waals surface area contributed by atoms with Crippen molar-refractivity contribution in [2.45, 2.75) is 31.4 Å². The number of imidazole rings is 1. The number of nitrogen functional groups attached to an aromatic ring is 1. The second kappa shape index (κ2) is 12.7. The van der Waals surface area contributed by atoms with E-state index in [0.717, 1.165) is 42.2 Å². The molecule has 2 N–H and O–H groups in total. The molecule has 2 aliphatic heterocycles. The Bertz CT molecular complexity index is 1560. The van der Waals surface area contributed by atoms with E-state index in [1.807, 2.05) is 47.2 Å². The number of nitrogens with two attached hydrogens (primary N) is 1. The predicted octanol–water partition coefficient (Wildman–Crippen LogP) is 6.84. The normalized spacial score (nSPS) is 20.7. The molecular formula is C32H31Cl3N4O3. The third-order valence-electron chi connectivity index (χ3n) is 7.61. The van der Waals surface area contributed by atoms with Gasteiger partial charge in [0.2, 0.25) is 5.79 Å². The van der Waals surface area contributed by atoms with Crippen LogP contribution in [0.4, 0.5) is 5.69 Å². The number of ether oxygens (including phenoxy) is 3. The van der Waals surface area contributed by atoms with Gasteiger partial charge in [-0.1, -0.05) is 71.2 Å². The lowest BCUT2D eigenvalue weighted by Crippen LogP contribution is -2.34. The smallest absolute Gasteiger partial charge is 0.215 e. The molecule has 0 saturated carbocycles. The second-order valence-corrected chi connectivity index (χ2v) is 11.8. The fourth-order valence-corrected chi connectivity index (χ4v) is 6.15. The first-order valence-corrected chi connectivity index (χ1v) is 14.9. The molecule has 10 heteroatoms. The Hall–Kier alpha value is -3.04. The molecule has 218 valence electrons. The topological polar surface area (TPSA) is 74.8 Å². The Labute approximate surface area is 260 Å². The molecule has 2 aliphatic rings. The lowest BCUT2D eigenvalue weighted by atomic mass is 9.97. The van der Waals surface area contributed by atoms with E-state index in [0.29, 0.717) is 40.2 Å². The third kappa shape index (κ3) is 6.47. The first kappa shape index (κ1) is 29.1. The van der Waals surface area contributed by atoms with Crippen molar-refractivity contribution in [1.82, 2.24) is 14.5 Å². The van der Waals surface area contributed by atoms with E-state index in [1.54, 1.807) is 24.7 Å². The van der Waals surface area contributed by atoms with Gasteiger partial charge in [0.25, 0.3) is 0 Å². The van der Waals surface area contributed by atoms with Crippen molar-refractivity contribution < 1.29 is 14.2 Å². The van der Waals surface area contributed by atoms with Crippen LogP contribution < -0.4 is 10.5 Å². The van der Waals surface area contributed by atoms with Crippen LogP contribution in [0.5, 0.6) is 5.75 Å². The van der Waals surface area contributed by atoms with E-state index < -0.39 is 5.79 Å². The molecule has 42 heavy (non-hydrogen) atoms. The standard InChI is InChI=1S/C32H31Cl3N4O3/c33-24-6-3-22(4-7-24)2-1-13-38-14-11-27-23(17-38)5-10-30(31(27)36)40-18-26-19-41-32(42-26,20-39-15-12-37-21-39)28-9-8-25(34)16-29(28)35/h1-10,12,15-16,21,26H,11,13-14,17-20,36H2/b2-1+. The van der Waals surface area contributed by atoms with Gasteiger partial charge in [-0.05, 0) is 53.4 Å². The van der Waals surface area contributed by atoms with Crippen molar-refractivity contribution in [1.29, 1.82) is 0 Å². The molecule has 0 radical (unpaired) electrons. The third-order valence-corrected chi connectivity index (χ3v) is 8.41.